The lowest BCUT2D eigenvalue weighted by atomic mass is 10.1. The van der Waals surface area contributed by atoms with Crippen LogP contribution in [0.5, 0.6) is 0 Å². The van der Waals surface area contributed by atoms with Crippen molar-refractivity contribution >= 4 is 23.6 Å². The van der Waals surface area contributed by atoms with Gasteiger partial charge in [-0.2, -0.15) is 0 Å². The molecule has 176 valence electrons. The molecule has 2 atom stereocenters. The Bertz CT molecular complexity index is 1120. The number of benzene rings is 3. The molecule has 0 unspecified atom stereocenters. The quantitative estimate of drug-likeness (QED) is 0.508. The summed E-state index contributed by atoms with van der Waals surface area (Å²) in [6, 6.07) is 24.6. The highest BCUT2D eigenvalue weighted by Gasteiger charge is 2.24. The monoisotopic (exact) mass is 459 g/mol. The maximum Gasteiger partial charge on any atom is 0.408 e. The highest BCUT2D eigenvalue weighted by molar-refractivity contribution is 6.04. The fourth-order valence-corrected chi connectivity index (χ4v) is 3.39. The predicted molar refractivity (Wildman–Crippen MR) is 131 cm³/mol. The molecule has 7 nitrogen and oxygen atoms in total. The average Bonchev–Trinajstić information content (AvgIpc) is 2.87. The number of anilines is 1. The number of nitrogens with zero attached hydrogens (tertiary/aromatic N) is 1. The summed E-state index contributed by atoms with van der Waals surface area (Å²) in [6.45, 7) is 3.63. The molecule has 0 bridgehead atoms. The van der Waals surface area contributed by atoms with Crippen LogP contribution >= 0.6 is 0 Å². The first kappa shape index (κ1) is 24.5. The van der Waals surface area contributed by atoms with Gasteiger partial charge < -0.3 is 20.3 Å². The van der Waals surface area contributed by atoms with E-state index in [1.807, 2.05) is 61.5 Å². The number of alkyl carbamates (subject to hydrolysis) is 1. The van der Waals surface area contributed by atoms with Crippen molar-refractivity contribution in [2.24, 2.45) is 0 Å². The molecule has 0 radical (unpaired) electrons. The molecule has 0 aliphatic heterocycles. The molecule has 0 saturated heterocycles. The summed E-state index contributed by atoms with van der Waals surface area (Å²) < 4.78 is 5.20. The molecule has 0 aliphatic carbocycles. The van der Waals surface area contributed by atoms with E-state index in [1.54, 1.807) is 49.2 Å². The molecular weight excluding hydrogens is 430 g/mol. The number of nitrogens with one attached hydrogen (secondary N) is 2. The molecule has 0 aromatic heterocycles. The van der Waals surface area contributed by atoms with Crippen LogP contribution in [0, 0.1) is 0 Å². The topological polar surface area (TPSA) is 87.7 Å². The Morgan fingerprint density at radius 1 is 0.882 bits per heavy atom. The van der Waals surface area contributed by atoms with E-state index < -0.39 is 12.1 Å². The van der Waals surface area contributed by atoms with Crippen molar-refractivity contribution in [3.63, 3.8) is 0 Å². The molecule has 3 aromatic rings. The number of carbonyl (C=O) groups excluding carboxylic acids is 3. The fourth-order valence-electron chi connectivity index (χ4n) is 3.39. The molecule has 0 spiro atoms. The van der Waals surface area contributed by atoms with Gasteiger partial charge in [-0.15, -0.1) is 0 Å². The average molecular weight is 460 g/mol. The summed E-state index contributed by atoms with van der Waals surface area (Å²) in [5, 5.41) is 5.47. The smallest absolute Gasteiger partial charge is 0.408 e. The number of rotatable bonds is 8. The Kier molecular flexibility index (Phi) is 8.40. The highest BCUT2D eigenvalue weighted by Crippen LogP contribution is 2.23. The Morgan fingerprint density at radius 2 is 1.53 bits per heavy atom. The van der Waals surface area contributed by atoms with E-state index in [4.69, 9.17) is 4.74 Å². The van der Waals surface area contributed by atoms with E-state index in [0.29, 0.717) is 11.3 Å². The second-order valence-electron chi connectivity index (χ2n) is 8.00. The summed E-state index contributed by atoms with van der Waals surface area (Å²) in [7, 11) is 1.68. The largest absolute Gasteiger partial charge is 0.445 e. The van der Waals surface area contributed by atoms with E-state index in [-0.39, 0.29) is 24.5 Å². The van der Waals surface area contributed by atoms with Crippen LogP contribution in [0.15, 0.2) is 84.9 Å². The van der Waals surface area contributed by atoms with Crippen molar-refractivity contribution in [2.45, 2.75) is 32.5 Å². The van der Waals surface area contributed by atoms with Crippen LogP contribution in [0.1, 0.15) is 41.4 Å². The Morgan fingerprint density at radius 3 is 2.21 bits per heavy atom. The molecule has 34 heavy (non-hydrogen) atoms. The molecule has 3 rings (SSSR count). The second kappa shape index (κ2) is 11.7. The summed E-state index contributed by atoms with van der Waals surface area (Å²) in [4.78, 5) is 39.0. The lowest BCUT2D eigenvalue weighted by Gasteiger charge is -2.28. The number of amides is 3. The Labute approximate surface area is 199 Å². The van der Waals surface area contributed by atoms with Gasteiger partial charge in [0.1, 0.15) is 12.6 Å². The van der Waals surface area contributed by atoms with E-state index in [2.05, 4.69) is 10.6 Å². The maximum absolute atomic E-state index is 12.9. The van der Waals surface area contributed by atoms with Gasteiger partial charge in [0.05, 0.1) is 6.04 Å². The van der Waals surface area contributed by atoms with Crippen LogP contribution in [-0.4, -0.2) is 35.9 Å². The van der Waals surface area contributed by atoms with E-state index in [9.17, 15) is 14.4 Å². The second-order valence-corrected chi connectivity index (χ2v) is 8.00. The third-order valence-corrected chi connectivity index (χ3v) is 5.51. The van der Waals surface area contributed by atoms with Crippen molar-refractivity contribution in [2.75, 3.05) is 12.4 Å². The summed E-state index contributed by atoms with van der Waals surface area (Å²) in [5.74, 6) is -0.468. The molecule has 0 saturated carbocycles. The number of hydrogen-bond donors (Lipinski definition) is 2. The van der Waals surface area contributed by atoms with Crippen LogP contribution in [0.3, 0.4) is 0 Å². The predicted octanol–water partition coefficient (Wildman–Crippen LogP) is 4.77. The number of likely N-dealkylation sites (N-methyl/N-ethyl adjacent to an activating group) is 1. The lowest BCUT2D eigenvalue weighted by molar-refractivity contribution is -0.133. The SMILES string of the molecule is C[C@H](NC(=O)OCc1ccccc1)C(=O)N(C)[C@@H](C)c1cccc(NC(=O)c2ccccc2)c1. The molecule has 0 fully saturated rings. The highest BCUT2D eigenvalue weighted by atomic mass is 16.5. The minimum absolute atomic E-state index is 0.126. The van der Waals surface area contributed by atoms with Crippen molar-refractivity contribution in [3.8, 4) is 0 Å². The first-order valence-electron chi connectivity index (χ1n) is 11.1. The number of carbonyl (C=O) groups is 3. The zero-order valence-electron chi connectivity index (χ0n) is 19.5. The molecule has 3 aromatic carbocycles. The van der Waals surface area contributed by atoms with Gasteiger partial charge in [-0.1, -0.05) is 60.7 Å². The summed E-state index contributed by atoms with van der Waals surface area (Å²) >= 11 is 0. The third-order valence-electron chi connectivity index (χ3n) is 5.51. The molecule has 7 heteroatoms. The molecular formula is C27H29N3O4. The minimum atomic E-state index is -0.767. The first-order chi connectivity index (χ1) is 16.3. The van der Waals surface area contributed by atoms with E-state index >= 15 is 0 Å². The van der Waals surface area contributed by atoms with Crippen molar-refractivity contribution < 1.29 is 19.1 Å². The lowest BCUT2D eigenvalue weighted by Crippen LogP contribution is -2.46. The van der Waals surface area contributed by atoms with Crippen LogP contribution < -0.4 is 10.6 Å². The number of hydrogen-bond acceptors (Lipinski definition) is 4. The van der Waals surface area contributed by atoms with Gasteiger partial charge in [-0.3, -0.25) is 9.59 Å². The molecule has 0 aliphatic rings. The zero-order chi connectivity index (χ0) is 24.5. The summed E-state index contributed by atoms with van der Waals surface area (Å²) in [6.07, 6.45) is -0.656. The van der Waals surface area contributed by atoms with Crippen molar-refractivity contribution in [1.82, 2.24) is 10.2 Å². The van der Waals surface area contributed by atoms with Gasteiger partial charge in [0, 0.05) is 18.3 Å². The maximum atomic E-state index is 12.9. The van der Waals surface area contributed by atoms with Gasteiger partial charge in [0.15, 0.2) is 0 Å². The van der Waals surface area contributed by atoms with Gasteiger partial charge in [0.25, 0.3) is 5.91 Å². The van der Waals surface area contributed by atoms with Crippen LogP contribution in [0.4, 0.5) is 10.5 Å². The van der Waals surface area contributed by atoms with Crippen LogP contribution in [0.25, 0.3) is 0 Å². The molecule has 3 amide bonds. The van der Waals surface area contributed by atoms with Gasteiger partial charge >= 0.3 is 6.09 Å². The van der Waals surface area contributed by atoms with Crippen molar-refractivity contribution in [1.29, 1.82) is 0 Å². The third kappa shape index (κ3) is 6.68. The van der Waals surface area contributed by atoms with Gasteiger partial charge in [-0.25, -0.2) is 4.79 Å². The normalized spacial score (nSPS) is 12.2. The fraction of sp³-hybridized carbons (Fsp3) is 0.222. The van der Waals surface area contributed by atoms with E-state index in [0.717, 1.165) is 11.1 Å². The van der Waals surface area contributed by atoms with Gasteiger partial charge in [-0.05, 0) is 49.2 Å². The van der Waals surface area contributed by atoms with Gasteiger partial charge in [0.2, 0.25) is 5.91 Å². The minimum Gasteiger partial charge on any atom is -0.445 e. The van der Waals surface area contributed by atoms with E-state index in [1.165, 1.54) is 0 Å². The standard InChI is InChI=1S/C27H29N3O4/c1-19(28-27(33)34-18-21-11-6-4-7-12-21)26(32)30(3)20(2)23-15-10-16-24(17-23)29-25(31)22-13-8-5-9-14-22/h4-17,19-20H,18H2,1-3H3,(H,28,33)(H,29,31)/t19-,20-/m0/s1. The van der Waals surface area contributed by atoms with Crippen LogP contribution in [0.2, 0.25) is 0 Å². The zero-order valence-corrected chi connectivity index (χ0v) is 19.5. The van der Waals surface area contributed by atoms with Crippen molar-refractivity contribution in [3.05, 3.63) is 102 Å². The number of ether oxygens (including phenoxy) is 1. The Balaban J connectivity index is 1.56. The first-order valence-corrected chi connectivity index (χ1v) is 11.1. The van der Waals surface area contributed by atoms with Crippen LogP contribution in [-0.2, 0) is 16.1 Å². The molecule has 2 N–H and O–H groups in total. The summed E-state index contributed by atoms with van der Waals surface area (Å²) in [5.41, 5.74) is 2.91. The Hall–Kier alpha value is -4.13. The molecule has 0 heterocycles.